The third-order valence-electron chi connectivity index (χ3n) is 3.32. The van der Waals surface area contributed by atoms with Gasteiger partial charge >= 0.3 is 0 Å². The third-order valence-corrected chi connectivity index (χ3v) is 3.32. The van der Waals surface area contributed by atoms with Gasteiger partial charge in [0, 0.05) is 12.0 Å². The lowest BCUT2D eigenvalue weighted by Gasteiger charge is -2.18. The number of rotatable bonds is 8. The predicted octanol–water partition coefficient (Wildman–Crippen LogP) is 0.654. The number of amides is 2. The van der Waals surface area contributed by atoms with Crippen molar-refractivity contribution < 1.29 is 18.9 Å². The van der Waals surface area contributed by atoms with Crippen molar-refractivity contribution in [2.45, 2.75) is 38.8 Å². The molecule has 0 aliphatic rings. The first-order valence-corrected chi connectivity index (χ1v) is 6.94. The first-order chi connectivity index (χ1) is 10.4. The lowest BCUT2D eigenvalue weighted by Crippen LogP contribution is -2.51. The van der Waals surface area contributed by atoms with Gasteiger partial charge in [-0.2, -0.15) is 0 Å². The second-order valence-corrected chi connectivity index (χ2v) is 4.99. The minimum Gasteiger partial charge on any atom is -0.368 e. The van der Waals surface area contributed by atoms with Crippen LogP contribution in [0.3, 0.4) is 0 Å². The van der Waals surface area contributed by atoms with E-state index < -0.39 is 23.9 Å². The summed E-state index contributed by atoms with van der Waals surface area (Å²) in [6.07, 6.45) is 0.406. The van der Waals surface area contributed by atoms with Crippen molar-refractivity contribution in [1.82, 2.24) is 10.9 Å². The SMILES string of the molecule is CC[C@@H](NF)C(=O)N[C@@H](Cc1ccc(C(C)=O)cc1)C(N)=O. The summed E-state index contributed by atoms with van der Waals surface area (Å²) in [7, 11) is 0. The maximum Gasteiger partial charge on any atom is 0.240 e. The molecule has 0 heterocycles. The Bertz CT molecular complexity index is 541. The van der Waals surface area contributed by atoms with Crippen LogP contribution in [0.4, 0.5) is 4.48 Å². The fourth-order valence-electron chi connectivity index (χ4n) is 1.92. The molecule has 0 spiro atoms. The van der Waals surface area contributed by atoms with E-state index in [9.17, 15) is 18.9 Å². The Labute approximate surface area is 128 Å². The summed E-state index contributed by atoms with van der Waals surface area (Å²) in [4.78, 5) is 34.4. The normalized spacial score (nSPS) is 13.2. The Morgan fingerprint density at radius 2 is 1.77 bits per heavy atom. The predicted molar refractivity (Wildman–Crippen MR) is 79.6 cm³/mol. The van der Waals surface area contributed by atoms with Crippen LogP contribution in [-0.4, -0.2) is 29.7 Å². The molecule has 1 aromatic rings. The maximum atomic E-state index is 12.4. The molecule has 4 N–H and O–H groups in total. The highest BCUT2D eigenvalue weighted by molar-refractivity contribution is 5.94. The van der Waals surface area contributed by atoms with E-state index in [-0.39, 0.29) is 18.6 Å². The van der Waals surface area contributed by atoms with Gasteiger partial charge in [-0.3, -0.25) is 14.4 Å². The Morgan fingerprint density at radius 1 is 1.18 bits per heavy atom. The molecule has 1 rings (SSSR count). The minimum absolute atomic E-state index is 0.0638. The number of primary amides is 1. The number of hydrogen-bond acceptors (Lipinski definition) is 4. The van der Waals surface area contributed by atoms with E-state index >= 15 is 0 Å². The zero-order valence-corrected chi connectivity index (χ0v) is 12.6. The number of benzene rings is 1. The smallest absolute Gasteiger partial charge is 0.240 e. The monoisotopic (exact) mass is 309 g/mol. The van der Waals surface area contributed by atoms with Gasteiger partial charge in [-0.15, -0.1) is 10.0 Å². The molecule has 0 aromatic heterocycles. The van der Waals surface area contributed by atoms with E-state index in [0.29, 0.717) is 5.56 Å². The highest BCUT2D eigenvalue weighted by Crippen LogP contribution is 2.08. The van der Waals surface area contributed by atoms with Crippen molar-refractivity contribution in [1.29, 1.82) is 0 Å². The van der Waals surface area contributed by atoms with Gasteiger partial charge < -0.3 is 11.1 Å². The van der Waals surface area contributed by atoms with Crippen LogP contribution in [-0.2, 0) is 16.0 Å². The van der Waals surface area contributed by atoms with Gasteiger partial charge in [0.1, 0.15) is 12.1 Å². The van der Waals surface area contributed by atoms with Crippen molar-refractivity contribution in [2.75, 3.05) is 0 Å². The first kappa shape index (κ1) is 17.8. The number of carbonyl (C=O) groups is 3. The fourth-order valence-corrected chi connectivity index (χ4v) is 1.92. The minimum atomic E-state index is -1.03. The van der Waals surface area contributed by atoms with Crippen molar-refractivity contribution >= 4 is 17.6 Å². The average molecular weight is 309 g/mol. The number of halogens is 1. The maximum absolute atomic E-state index is 12.4. The molecule has 0 aliphatic heterocycles. The van der Waals surface area contributed by atoms with Crippen molar-refractivity contribution in [3.05, 3.63) is 35.4 Å². The highest BCUT2D eigenvalue weighted by atomic mass is 19.2. The van der Waals surface area contributed by atoms with Gasteiger partial charge in [-0.25, -0.2) is 0 Å². The Hall–Kier alpha value is -2.28. The van der Waals surface area contributed by atoms with Crippen molar-refractivity contribution in [2.24, 2.45) is 5.73 Å². The van der Waals surface area contributed by atoms with E-state index in [1.807, 2.05) is 0 Å². The van der Waals surface area contributed by atoms with E-state index in [4.69, 9.17) is 5.73 Å². The summed E-state index contributed by atoms with van der Waals surface area (Å²) in [5.41, 5.74) is 7.93. The Kier molecular flexibility index (Phi) is 6.65. The van der Waals surface area contributed by atoms with Crippen LogP contribution < -0.4 is 16.6 Å². The van der Waals surface area contributed by atoms with Crippen LogP contribution in [0.2, 0.25) is 0 Å². The zero-order chi connectivity index (χ0) is 16.7. The molecule has 0 fully saturated rings. The van der Waals surface area contributed by atoms with E-state index in [1.165, 1.54) is 12.5 Å². The van der Waals surface area contributed by atoms with Gasteiger partial charge in [-0.05, 0) is 18.9 Å². The van der Waals surface area contributed by atoms with Gasteiger partial charge in [0.2, 0.25) is 11.8 Å². The molecular weight excluding hydrogens is 289 g/mol. The molecule has 0 bridgehead atoms. The van der Waals surface area contributed by atoms with E-state index in [2.05, 4.69) is 5.32 Å². The van der Waals surface area contributed by atoms with Gasteiger partial charge in [0.05, 0.1) is 0 Å². The Balaban J connectivity index is 2.78. The standard InChI is InChI=1S/C15H20FN3O3/c1-3-12(19-16)15(22)18-13(14(17)21)8-10-4-6-11(7-5-10)9(2)20/h4-7,12-13,19H,3,8H2,1-2H3,(H2,17,21)(H,18,22)/t12-,13+/m1/s1. The van der Waals surface area contributed by atoms with Crippen LogP contribution in [0.1, 0.15) is 36.2 Å². The number of Topliss-reactive ketones (excluding diaryl/α,β-unsaturated/α-hetero) is 1. The lowest BCUT2D eigenvalue weighted by atomic mass is 10.0. The average Bonchev–Trinajstić information content (AvgIpc) is 2.48. The Morgan fingerprint density at radius 3 is 2.18 bits per heavy atom. The largest absolute Gasteiger partial charge is 0.368 e. The molecule has 0 aliphatic carbocycles. The molecule has 120 valence electrons. The second-order valence-electron chi connectivity index (χ2n) is 4.99. The third kappa shape index (κ3) is 4.92. The molecule has 2 atom stereocenters. The molecule has 1 aromatic carbocycles. The summed E-state index contributed by atoms with van der Waals surface area (Å²) in [5, 5.41) is 2.42. The molecule has 0 saturated heterocycles. The summed E-state index contributed by atoms with van der Waals surface area (Å²) in [6.45, 7) is 3.09. The quantitative estimate of drug-likeness (QED) is 0.485. The zero-order valence-electron chi connectivity index (χ0n) is 12.6. The van der Waals surface area contributed by atoms with Gasteiger partial charge in [-0.1, -0.05) is 31.2 Å². The van der Waals surface area contributed by atoms with E-state index in [1.54, 1.807) is 31.2 Å². The number of ketones is 1. The van der Waals surface area contributed by atoms with Crippen LogP contribution in [0.25, 0.3) is 0 Å². The molecule has 2 amide bonds. The summed E-state index contributed by atoms with van der Waals surface area (Å²) in [6, 6.07) is 4.66. The molecule has 6 nitrogen and oxygen atoms in total. The summed E-state index contributed by atoms with van der Waals surface area (Å²) < 4.78 is 12.4. The number of nitrogens with two attached hydrogens (primary N) is 1. The van der Waals surface area contributed by atoms with Crippen molar-refractivity contribution in [3.63, 3.8) is 0 Å². The van der Waals surface area contributed by atoms with Crippen LogP contribution >= 0.6 is 0 Å². The van der Waals surface area contributed by atoms with E-state index in [0.717, 1.165) is 5.56 Å². The fraction of sp³-hybridized carbons (Fsp3) is 0.400. The van der Waals surface area contributed by atoms with Gasteiger partial charge in [0.25, 0.3) is 0 Å². The molecular formula is C15H20FN3O3. The molecule has 0 unspecified atom stereocenters. The van der Waals surface area contributed by atoms with Crippen LogP contribution in [0, 0.1) is 0 Å². The molecule has 0 saturated carbocycles. The lowest BCUT2D eigenvalue weighted by molar-refractivity contribution is -0.129. The van der Waals surface area contributed by atoms with Gasteiger partial charge in [0.15, 0.2) is 5.78 Å². The number of carbonyl (C=O) groups excluding carboxylic acids is 3. The topological polar surface area (TPSA) is 101 Å². The van der Waals surface area contributed by atoms with Crippen LogP contribution in [0.15, 0.2) is 24.3 Å². The summed E-state index contributed by atoms with van der Waals surface area (Å²) in [5.74, 6) is -1.40. The second kappa shape index (κ2) is 8.23. The first-order valence-electron chi connectivity index (χ1n) is 6.94. The highest BCUT2D eigenvalue weighted by Gasteiger charge is 2.23. The van der Waals surface area contributed by atoms with Crippen LogP contribution in [0.5, 0.6) is 0 Å². The molecule has 7 heteroatoms. The molecule has 0 radical (unpaired) electrons. The number of nitrogens with one attached hydrogen (secondary N) is 2. The number of hydrogen-bond donors (Lipinski definition) is 3. The molecule has 22 heavy (non-hydrogen) atoms. The van der Waals surface area contributed by atoms with Crippen molar-refractivity contribution in [3.8, 4) is 0 Å². The summed E-state index contributed by atoms with van der Waals surface area (Å²) >= 11 is 0.